The minimum absolute atomic E-state index is 0.174. The van der Waals surface area contributed by atoms with Gasteiger partial charge in [0.2, 0.25) is 0 Å². The smallest absolute Gasteiger partial charge is 0.335 e. The summed E-state index contributed by atoms with van der Waals surface area (Å²) in [6.07, 6.45) is 2.77. The van der Waals surface area contributed by atoms with E-state index < -0.39 is 11.9 Å². The zero-order valence-electron chi connectivity index (χ0n) is 10.0. The van der Waals surface area contributed by atoms with Crippen LogP contribution in [0.1, 0.15) is 47.5 Å². The van der Waals surface area contributed by atoms with Crippen molar-refractivity contribution in [2.45, 2.75) is 31.6 Å². The second-order valence-corrected chi connectivity index (χ2v) is 4.78. The molecule has 0 saturated heterocycles. The summed E-state index contributed by atoms with van der Waals surface area (Å²) >= 11 is 0. The molecule has 1 aliphatic carbocycles. The third kappa shape index (κ3) is 2.53. The largest absolute Gasteiger partial charge is 0.481 e. The van der Waals surface area contributed by atoms with Crippen LogP contribution in [0.3, 0.4) is 0 Å². The number of rotatable bonds is 3. The van der Waals surface area contributed by atoms with Crippen molar-refractivity contribution in [1.82, 2.24) is 0 Å². The normalized spacial score (nSPS) is 23.6. The molecule has 1 aromatic carbocycles. The first kappa shape index (κ1) is 12.6. The van der Waals surface area contributed by atoms with Gasteiger partial charge in [0, 0.05) is 0 Å². The third-order valence-corrected chi connectivity index (χ3v) is 3.71. The van der Waals surface area contributed by atoms with Crippen molar-refractivity contribution in [2.24, 2.45) is 5.92 Å². The molecule has 1 aromatic rings. The summed E-state index contributed by atoms with van der Waals surface area (Å²) in [6, 6.07) is 7.01. The zero-order valence-corrected chi connectivity index (χ0v) is 10.0. The maximum atomic E-state index is 11.1. The first-order valence-electron chi connectivity index (χ1n) is 6.14. The highest BCUT2D eigenvalue weighted by molar-refractivity contribution is 5.89. The van der Waals surface area contributed by atoms with Crippen LogP contribution < -0.4 is 0 Å². The van der Waals surface area contributed by atoms with E-state index in [-0.39, 0.29) is 11.8 Å². The molecule has 0 unspecified atom stereocenters. The lowest BCUT2D eigenvalue weighted by molar-refractivity contribution is -0.142. The van der Waals surface area contributed by atoms with Gasteiger partial charge in [0.15, 0.2) is 0 Å². The van der Waals surface area contributed by atoms with Crippen LogP contribution in [0.5, 0.6) is 0 Å². The summed E-state index contributed by atoms with van der Waals surface area (Å²) in [4.78, 5) is 22.0. The molecule has 18 heavy (non-hydrogen) atoms. The Labute approximate surface area is 105 Å². The molecular formula is C14H16O4. The Hall–Kier alpha value is -1.84. The quantitative estimate of drug-likeness (QED) is 0.862. The predicted octanol–water partition coefficient (Wildman–Crippen LogP) is 2.74. The summed E-state index contributed by atoms with van der Waals surface area (Å²) in [6.45, 7) is 0. The van der Waals surface area contributed by atoms with Crippen molar-refractivity contribution >= 4 is 11.9 Å². The van der Waals surface area contributed by atoms with Crippen molar-refractivity contribution < 1.29 is 19.8 Å². The number of benzene rings is 1. The molecule has 0 atom stereocenters. The van der Waals surface area contributed by atoms with E-state index in [9.17, 15) is 9.59 Å². The lowest BCUT2D eigenvalue weighted by Crippen LogP contribution is -2.21. The van der Waals surface area contributed by atoms with Crippen molar-refractivity contribution in [1.29, 1.82) is 0 Å². The molecule has 0 bridgehead atoms. The molecule has 0 spiro atoms. The molecular weight excluding hydrogens is 232 g/mol. The van der Waals surface area contributed by atoms with E-state index >= 15 is 0 Å². The monoisotopic (exact) mass is 248 g/mol. The van der Waals surface area contributed by atoms with Crippen LogP contribution in [0.25, 0.3) is 0 Å². The first-order chi connectivity index (χ1) is 8.59. The Balaban J connectivity index is 2.15. The summed E-state index contributed by atoms with van der Waals surface area (Å²) in [5.41, 5.74) is 1.19. The maximum Gasteiger partial charge on any atom is 0.335 e. The number of aliphatic carboxylic acids is 1. The van der Waals surface area contributed by atoms with Crippen molar-refractivity contribution in [3.05, 3.63) is 35.4 Å². The number of aromatic carboxylic acids is 1. The molecule has 0 amide bonds. The van der Waals surface area contributed by atoms with Gasteiger partial charge >= 0.3 is 11.9 Å². The van der Waals surface area contributed by atoms with Crippen molar-refractivity contribution in [3.8, 4) is 0 Å². The van der Waals surface area contributed by atoms with E-state index in [4.69, 9.17) is 10.2 Å². The minimum atomic E-state index is -0.911. The SMILES string of the molecule is O=C(O)c1ccccc1C1CCC(C(=O)O)CC1. The topological polar surface area (TPSA) is 74.6 Å². The fourth-order valence-electron chi connectivity index (χ4n) is 2.70. The van der Waals surface area contributed by atoms with E-state index in [1.165, 1.54) is 0 Å². The first-order valence-corrected chi connectivity index (χ1v) is 6.14. The minimum Gasteiger partial charge on any atom is -0.481 e. The Morgan fingerprint density at radius 1 is 1.00 bits per heavy atom. The summed E-state index contributed by atoms with van der Waals surface area (Å²) in [5.74, 6) is -1.74. The van der Waals surface area contributed by atoms with Gasteiger partial charge in [0.1, 0.15) is 0 Å². The van der Waals surface area contributed by atoms with Gasteiger partial charge in [-0.25, -0.2) is 4.79 Å². The lowest BCUT2D eigenvalue weighted by atomic mass is 9.77. The molecule has 0 radical (unpaired) electrons. The van der Waals surface area contributed by atoms with Crippen LogP contribution in [0.4, 0.5) is 0 Å². The second kappa shape index (κ2) is 5.21. The lowest BCUT2D eigenvalue weighted by Gasteiger charge is -2.27. The highest BCUT2D eigenvalue weighted by atomic mass is 16.4. The van der Waals surface area contributed by atoms with Crippen LogP contribution in [0.15, 0.2) is 24.3 Å². The second-order valence-electron chi connectivity index (χ2n) is 4.78. The van der Waals surface area contributed by atoms with Crippen LogP contribution >= 0.6 is 0 Å². The fourth-order valence-corrected chi connectivity index (χ4v) is 2.70. The zero-order chi connectivity index (χ0) is 13.1. The van der Waals surface area contributed by atoms with Gasteiger partial charge in [0.05, 0.1) is 11.5 Å². The number of hydrogen-bond donors (Lipinski definition) is 2. The summed E-state index contributed by atoms with van der Waals surface area (Å²) in [7, 11) is 0. The van der Waals surface area contributed by atoms with Gasteiger partial charge in [-0.1, -0.05) is 18.2 Å². The van der Waals surface area contributed by atoms with E-state index in [1.54, 1.807) is 12.1 Å². The fraction of sp³-hybridized carbons (Fsp3) is 0.429. The molecule has 1 aliphatic rings. The third-order valence-electron chi connectivity index (χ3n) is 3.71. The van der Waals surface area contributed by atoms with E-state index in [1.807, 2.05) is 12.1 Å². The molecule has 2 N–H and O–H groups in total. The molecule has 1 saturated carbocycles. The van der Waals surface area contributed by atoms with Crippen LogP contribution in [0, 0.1) is 5.92 Å². The van der Waals surface area contributed by atoms with Crippen molar-refractivity contribution in [3.63, 3.8) is 0 Å². The molecule has 0 heterocycles. The Morgan fingerprint density at radius 3 is 2.17 bits per heavy atom. The molecule has 96 valence electrons. The highest BCUT2D eigenvalue weighted by Gasteiger charge is 2.28. The Kier molecular flexibility index (Phi) is 3.65. The standard InChI is InChI=1S/C14H16O4/c15-13(16)10-7-5-9(6-8-10)11-3-1-2-4-12(11)14(17)18/h1-4,9-10H,5-8H2,(H,15,16)(H,17,18). The average Bonchev–Trinajstić information content (AvgIpc) is 2.39. The molecule has 4 heteroatoms. The summed E-state index contributed by atoms with van der Waals surface area (Å²) < 4.78 is 0. The summed E-state index contributed by atoms with van der Waals surface area (Å²) in [5, 5.41) is 18.1. The molecule has 4 nitrogen and oxygen atoms in total. The molecule has 0 aliphatic heterocycles. The molecule has 0 aromatic heterocycles. The number of carboxylic acids is 2. The number of carbonyl (C=O) groups is 2. The van der Waals surface area contributed by atoms with Crippen LogP contribution in [-0.4, -0.2) is 22.2 Å². The van der Waals surface area contributed by atoms with Gasteiger partial charge in [-0.3, -0.25) is 4.79 Å². The van der Waals surface area contributed by atoms with Gasteiger partial charge in [-0.15, -0.1) is 0 Å². The van der Waals surface area contributed by atoms with Gasteiger partial charge in [-0.2, -0.15) is 0 Å². The maximum absolute atomic E-state index is 11.1. The van der Waals surface area contributed by atoms with Gasteiger partial charge in [-0.05, 0) is 43.2 Å². The van der Waals surface area contributed by atoms with Gasteiger partial charge < -0.3 is 10.2 Å². The highest BCUT2D eigenvalue weighted by Crippen LogP contribution is 2.37. The van der Waals surface area contributed by atoms with Crippen LogP contribution in [-0.2, 0) is 4.79 Å². The molecule has 1 fully saturated rings. The van der Waals surface area contributed by atoms with Crippen molar-refractivity contribution in [2.75, 3.05) is 0 Å². The van der Waals surface area contributed by atoms with Gasteiger partial charge in [0.25, 0.3) is 0 Å². The predicted molar refractivity (Wildman–Crippen MR) is 65.7 cm³/mol. The van der Waals surface area contributed by atoms with Crippen LogP contribution in [0.2, 0.25) is 0 Å². The van der Waals surface area contributed by atoms with E-state index in [0.717, 1.165) is 18.4 Å². The number of hydrogen-bond acceptors (Lipinski definition) is 2. The Bertz CT molecular complexity index is 459. The van der Waals surface area contributed by atoms with E-state index in [0.29, 0.717) is 18.4 Å². The van der Waals surface area contributed by atoms with E-state index in [2.05, 4.69) is 0 Å². The molecule has 2 rings (SSSR count). The number of carboxylic acid groups (broad SMARTS) is 2. The average molecular weight is 248 g/mol. The Morgan fingerprint density at radius 2 is 1.61 bits per heavy atom.